The maximum Gasteiger partial charge on any atom is 0.416 e. The van der Waals surface area contributed by atoms with Crippen molar-refractivity contribution in [2.45, 2.75) is 20.0 Å². The largest absolute Gasteiger partial charge is 0.423 e. The summed E-state index contributed by atoms with van der Waals surface area (Å²) in [6.07, 6.45) is -4.48. The number of aryl methyl sites for hydroxylation is 2. The molecule has 2 nitrogen and oxygen atoms in total. The Labute approximate surface area is 120 Å². The summed E-state index contributed by atoms with van der Waals surface area (Å²) in [4.78, 5) is 11.9. The number of hydrogen-bond acceptors (Lipinski definition) is 2. The Hall–Kier alpha value is -2.30. The molecule has 0 aliphatic heterocycles. The highest BCUT2D eigenvalue weighted by atomic mass is 19.4. The van der Waals surface area contributed by atoms with Gasteiger partial charge in [0.2, 0.25) is 0 Å². The first-order chi connectivity index (χ1) is 9.77. The molecule has 2 rings (SSSR count). The molecule has 0 aromatic heterocycles. The van der Waals surface area contributed by atoms with Crippen molar-refractivity contribution in [3.8, 4) is 5.75 Å². The highest BCUT2D eigenvalue weighted by Crippen LogP contribution is 2.34. The van der Waals surface area contributed by atoms with E-state index in [0.29, 0.717) is 0 Å². The lowest BCUT2D eigenvalue weighted by Gasteiger charge is -2.12. The number of benzene rings is 2. The second kappa shape index (κ2) is 5.60. The van der Waals surface area contributed by atoms with E-state index in [0.717, 1.165) is 11.6 Å². The fraction of sp³-hybridized carbons (Fsp3) is 0.188. The molecule has 2 aromatic rings. The Kier molecular flexibility index (Phi) is 4.02. The predicted octanol–water partition coefficient (Wildman–Crippen LogP) is 4.54. The zero-order chi connectivity index (χ0) is 15.6. The van der Waals surface area contributed by atoms with E-state index in [2.05, 4.69) is 0 Å². The molecule has 0 N–H and O–H groups in total. The summed E-state index contributed by atoms with van der Waals surface area (Å²) in [6, 6.07) is 10.0. The van der Waals surface area contributed by atoms with Crippen LogP contribution in [0.3, 0.4) is 0 Å². The molecule has 0 unspecified atom stereocenters. The van der Waals surface area contributed by atoms with Crippen LogP contribution in [0.15, 0.2) is 42.5 Å². The standard InChI is InChI=1S/C16H13F3O2/c1-10-3-6-12(7-4-10)15(20)21-13-8-5-11(2)14(9-13)16(17,18)19/h3-9H,1-2H3. The predicted molar refractivity (Wildman–Crippen MR) is 72.3 cm³/mol. The Morgan fingerprint density at radius 3 is 2.19 bits per heavy atom. The smallest absolute Gasteiger partial charge is 0.416 e. The van der Waals surface area contributed by atoms with Crippen LogP contribution in [0.2, 0.25) is 0 Å². The quantitative estimate of drug-likeness (QED) is 0.600. The van der Waals surface area contributed by atoms with Crippen molar-refractivity contribution in [3.05, 3.63) is 64.7 Å². The summed E-state index contributed by atoms with van der Waals surface area (Å²) < 4.78 is 43.4. The van der Waals surface area contributed by atoms with Gasteiger partial charge in [0.05, 0.1) is 11.1 Å². The number of carbonyl (C=O) groups excluding carboxylic acids is 1. The summed E-state index contributed by atoms with van der Waals surface area (Å²) in [5, 5.41) is 0. The van der Waals surface area contributed by atoms with Gasteiger partial charge in [0.15, 0.2) is 0 Å². The molecule has 21 heavy (non-hydrogen) atoms. The van der Waals surface area contributed by atoms with Crippen molar-refractivity contribution in [3.63, 3.8) is 0 Å². The summed E-state index contributed by atoms with van der Waals surface area (Å²) in [5.41, 5.74) is 0.533. The molecule has 0 bridgehead atoms. The van der Waals surface area contributed by atoms with Crippen LogP contribution in [0.4, 0.5) is 13.2 Å². The van der Waals surface area contributed by atoms with Crippen molar-refractivity contribution in [2.24, 2.45) is 0 Å². The minimum Gasteiger partial charge on any atom is -0.423 e. The number of alkyl halides is 3. The fourth-order valence-electron chi connectivity index (χ4n) is 1.83. The van der Waals surface area contributed by atoms with E-state index in [9.17, 15) is 18.0 Å². The van der Waals surface area contributed by atoms with Gasteiger partial charge >= 0.3 is 12.1 Å². The van der Waals surface area contributed by atoms with Gasteiger partial charge in [0.25, 0.3) is 0 Å². The van der Waals surface area contributed by atoms with Crippen LogP contribution in [0.1, 0.15) is 27.0 Å². The van der Waals surface area contributed by atoms with Gasteiger partial charge in [-0.05, 0) is 43.7 Å². The molecular weight excluding hydrogens is 281 g/mol. The van der Waals surface area contributed by atoms with Crippen molar-refractivity contribution < 1.29 is 22.7 Å². The van der Waals surface area contributed by atoms with Crippen LogP contribution in [-0.2, 0) is 6.18 Å². The van der Waals surface area contributed by atoms with Crippen LogP contribution in [0.25, 0.3) is 0 Å². The van der Waals surface area contributed by atoms with E-state index in [1.807, 2.05) is 6.92 Å². The van der Waals surface area contributed by atoms with E-state index in [1.54, 1.807) is 24.3 Å². The first-order valence-corrected chi connectivity index (χ1v) is 6.24. The highest BCUT2D eigenvalue weighted by molar-refractivity contribution is 5.91. The Morgan fingerprint density at radius 1 is 1.00 bits per heavy atom. The van der Waals surface area contributed by atoms with Crippen LogP contribution < -0.4 is 4.74 Å². The Morgan fingerprint density at radius 2 is 1.62 bits per heavy atom. The minimum atomic E-state index is -4.48. The van der Waals surface area contributed by atoms with E-state index in [4.69, 9.17) is 4.74 Å². The molecule has 0 atom stereocenters. The van der Waals surface area contributed by atoms with Gasteiger partial charge in [0, 0.05) is 0 Å². The molecule has 0 fully saturated rings. The highest BCUT2D eigenvalue weighted by Gasteiger charge is 2.32. The van der Waals surface area contributed by atoms with Crippen LogP contribution in [-0.4, -0.2) is 5.97 Å². The Bertz CT molecular complexity index is 658. The molecule has 110 valence electrons. The van der Waals surface area contributed by atoms with Crippen LogP contribution in [0, 0.1) is 13.8 Å². The van der Waals surface area contributed by atoms with Gasteiger partial charge < -0.3 is 4.74 Å². The van der Waals surface area contributed by atoms with Crippen molar-refractivity contribution in [1.82, 2.24) is 0 Å². The molecule has 0 radical (unpaired) electrons. The van der Waals surface area contributed by atoms with E-state index in [-0.39, 0.29) is 16.9 Å². The third kappa shape index (κ3) is 3.62. The molecule has 0 heterocycles. The van der Waals surface area contributed by atoms with Gasteiger partial charge in [-0.3, -0.25) is 0 Å². The third-order valence-corrected chi connectivity index (χ3v) is 3.01. The van der Waals surface area contributed by atoms with Crippen LogP contribution >= 0.6 is 0 Å². The molecule has 0 saturated heterocycles. The zero-order valence-electron chi connectivity index (χ0n) is 11.5. The second-order valence-corrected chi connectivity index (χ2v) is 4.73. The minimum absolute atomic E-state index is 0.0811. The number of hydrogen-bond donors (Lipinski definition) is 0. The molecule has 0 amide bonds. The van der Waals surface area contributed by atoms with Crippen molar-refractivity contribution in [1.29, 1.82) is 0 Å². The molecule has 5 heteroatoms. The van der Waals surface area contributed by atoms with Crippen molar-refractivity contribution >= 4 is 5.97 Å². The molecule has 0 aliphatic rings. The van der Waals surface area contributed by atoms with E-state index in [1.165, 1.54) is 19.1 Å². The molecule has 0 aliphatic carbocycles. The first-order valence-electron chi connectivity index (χ1n) is 6.24. The molecule has 2 aromatic carbocycles. The summed E-state index contributed by atoms with van der Waals surface area (Å²) in [5.74, 6) is -0.814. The number of carbonyl (C=O) groups is 1. The third-order valence-electron chi connectivity index (χ3n) is 3.01. The maximum atomic E-state index is 12.8. The lowest BCUT2D eigenvalue weighted by molar-refractivity contribution is -0.138. The summed E-state index contributed by atoms with van der Waals surface area (Å²) in [7, 11) is 0. The van der Waals surface area contributed by atoms with Gasteiger partial charge in [-0.15, -0.1) is 0 Å². The number of rotatable bonds is 2. The van der Waals surface area contributed by atoms with Crippen LogP contribution in [0.5, 0.6) is 5.75 Å². The van der Waals surface area contributed by atoms with Gasteiger partial charge in [-0.2, -0.15) is 13.2 Å². The Balaban J connectivity index is 2.24. The number of esters is 1. The normalized spacial score (nSPS) is 11.3. The lowest BCUT2D eigenvalue weighted by atomic mass is 10.1. The van der Waals surface area contributed by atoms with E-state index < -0.39 is 17.7 Å². The lowest BCUT2D eigenvalue weighted by Crippen LogP contribution is -2.11. The first kappa shape index (κ1) is 15.1. The second-order valence-electron chi connectivity index (χ2n) is 4.73. The molecular formula is C16H13F3O2. The average Bonchev–Trinajstić information content (AvgIpc) is 2.40. The number of halogens is 3. The van der Waals surface area contributed by atoms with Gasteiger partial charge in [-0.25, -0.2) is 4.79 Å². The SMILES string of the molecule is Cc1ccc(C(=O)Oc2ccc(C)c(C(F)(F)F)c2)cc1. The van der Waals surface area contributed by atoms with Gasteiger partial charge in [-0.1, -0.05) is 23.8 Å². The average molecular weight is 294 g/mol. The topological polar surface area (TPSA) is 26.3 Å². The van der Waals surface area contributed by atoms with Crippen molar-refractivity contribution in [2.75, 3.05) is 0 Å². The summed E-state index contributed by atoms with van der Waals surface area (Å²) >= 11 is 0. The maximum absolute atomic E-state index is 12.8. The zero-order valence-corrected chi connectivity index (χ0v) is 11.5. The summed E-state index contributed by atoms with van der Waals surface area (Å²) in [6.45, 7) is 3.22. The monoisotopic (exact) mass is 294 g/mol. The molecule has 0 spiro atoms. The molecule has 0 saturated carbocycles. The fourth-order valence-corrected chi connectivity index (χ4v) is 1.83. The van der Waals surface area contributed by atoms with E-state index >= 15 is 0 Å². The van der Waals surface area contributed by atoms with Gasteiger partial charge in [0.1, 0.15) is 5.75 Å². The number of ether oxygens (including phenoxy) is 1.